The van der Waals surface area contributed by atoms with Crippen molar-refractivity contribution in [2.24, 2.45) is 0 Å². The molecule has 6 nitrogen and oxygen atoms in total. The van der Waals surface area contributed by atoms with Crippen LogP contribution in [0.25, 0.3) is 0 Å². The first-order valence-corrected chi connectivity index (χ1v) is 6.80. The third kappa shape index (κ3) is 3.70. The summed E-state index contributed by atoms with van der Waals surface area (Å²) in [4.78, 5) is 22.0. The number of amides is 1. The lowest BCUT2D eigenvalue weighted by Crippen LogP contribution is -2.39. The predicted octanol–water partition coefficient (Wildman–Crippen LogP) is 1.60. The number of hydrogen-bond acceptors (Lipinski definition) is 5. The Morgan fingerprint density at radius 2 is 2.16 bits per heavy atom. The quantitative estimate of drug-likeness (QED) is 0.878. The molecule has 0 radical (unpaired) electrons. The fourth-order valence-corrected chi connectivity index (χ4v) is 2.18. The maximum absolute atomic E-state index is 12.0. The summed E-state index contributed by atoms with van der Waals surface area (Å²) < 4.78 is 0. The summed E-state index contributed by atoms with van der Waals surface area (Å²) in [5.74, 6) is 1.03. The monoisotopic (exact) mass is 283 g/mol. The number of aromatic nitrogens is 2. The van der Waals surface area contributed by atoms with E-state index < -0.39 is 0 Å². The van der Waals surface area contributed by atoms with E-state index in [2.05, 4.69) is 20.6 Å². The lowest BCUT2D eigenvalue weighted by Gasteiger charge is -2.26. The van der Waals surface area contributed by atoms with Gasteiger partial charge in [0.05, 0.1) is 12.7 Å². The van der Waals surface area contributed by atoms with Crippen molar-refractivity contribution in [1.29, 1.82) is 0 Å². The number of piperidine rings is 1. The average Bonchev–Trinajstić information content (AvgIpc) is 2.47. The zero-order valence-corrected chi connectivity index (χ0v) is 11.7. The first-order chi connectivity index (χ1) is 9.20. The van der Waals surface area contributed by atoms with Crippen LogP contribution in [0.1, 0.15) is 19.3 Å². The highest BCUT2D eigenvalue weighted by Gasteiger charge is 2.16. The topological polar surface area (TPSA) is 70.2 Å². The maximum Gasteiger partial charge on any atom is 0.241 e. The summed E-state index contributed by atoms with van der Waals surface area (Å²) >= 11 is 5.98. The number of nitrogens with one attached hydrogen (secondary N) is 2. The Bertz CT molecular complexity index is 448. The molecule has 1 aliphatic rings. The summed E-state index contributed by atoms with van der Waals surface area (Å²) in [6.07, 6.45) is 4.89. The van der Waals surface area contributed by atoms with Crippen LogP contribution in [0, 0.1) is 0 Å². The van der Waals surface area contributed by atoms with E-state index in [1.165, 1.54) is 12.6 Å². The summed E-state index contributed by atoms with van der Waals surface area (Å²) in [5.41, 5.74) is 0. The second-order valence-corrected chi connectivity index (χ2v) is 4.84. The molecular weight excluding hydrogens is 266 g/mol. The number of hydrogen-bond donors (Lipinski definition) is 2. The van der Waals surface area contributed by atoms with Crippen LogP contribution < -0.4 is 10.6 Å². The largest absolute Gasteiger partial charge is 0.360 e. The minimum absolute atomic E-state index is 0.0837. The summed E-state index contributed by atoms with van der Waals surface area (Å²) in [6, 6.07) is 0. The second-order valence-electron chi connectivity index (χ2n) is 4.44. The van der Waals surface area contributed by atoms with Crippen molar-refractivity contribution in [3.63, 3.8) is 0 Å². The van der Waals surface area contributed by atoms with Crippen molar-refractivity contribution in [1.82, 2.24) is 14.9 Å². The van der Waals surface area contributed by atoms with E-state index in [-0.39, 0.29) is 12.5 Å². The lowest BCUT2D eigenvalue weighted by atomic mass is 10.1. The SMILES string of the molecule is CNc1ncc(Cl)c(NCC(=O)N2CCCCC2)n1. The third-order valence-electron chi connectivity index (χ3n) is 3.08. The molecule has 0 unspecified atom stereocenters. The number of rotatable bonds is 4. The molecular formula is C12H18ClN5O. The molecule has 2 N–H and O–H groups in total. The Kier molecular flexibility index (Phi) is 4.79. The highest BCUT2D eigenvalue weighted by molar-refractivity contribution is 6.32. The summed E-state index contributed by atoms with van der Waals surface area (Å²) in [6.45, 7) is 1.90. The van der Waals surface area contributed by atoms with Crippen molar-refractivity contribution in [2.75, 3.05) is 37.3 Å². The van der Waals surface area contributed by atoms with Crippen molar-refractivity contribution >= 4 is 29.3 Å². The zero-order chi connectivity index (χ0) is 13.7. The molecule has 0 atom stereocenters. The van der Waals surface area contributed by atoms with Gasteiger partial charge in [0.2, 0.25) is 11.9 Å². The molecule has 2 heterocycles. The fraction of sp³-hybridized carbons (Fsp3) is 0.583. The Balaban J connectivity index is 1.92. The molecule has 0 bridgehead atoms. The van der Waals surface area contributed by atoms with Gasteiger partial charge in [-0.2, -0.15) is 4.98 Å². The number of halogens is 1. The molecule has 1 saturated heterocycles. The standard InChI is InChI=1S/C12H18ClN5O/c1-14-12-16-7-9(13)11(17-12)15-8-10(19)18-5-3-2-4-6-18/h7H,2-6,8H2,1H3,(H2,14,15,16,17). The van der Waals surface area contributed by atoms with Crippen LogP contribution in [0.5, 0.6) is 0 Å². The van der Waals surface area contributed by atoms with Crippen molar-refractivity contribution in [3.8, 4) is 0 Å². The average molecular weight is 284 g/mol. The van der Waals surface area contributed by atoms with Crippen LogP contribution in [0.2, 0.25) is 5.02 Å². The third-order valence-corrected chi connectivity index (χ3v) is 3.36. The molecule has 2 rings (SSSR count). The minimum atomic E-state index is 0.0837. The van der Waals surface area contributed by atoms with Crippen molar-refractivity contribution < 1.29 is 4.79 Å². The van der Waals surface area contributed by atoms with Crippen LogP contribution in [0.3, 0.4) is 0 Å². The molecule has 7 heteroatoms. The van der Waals surface area contributed by atoms with Gasteiger partial charge in [-0.25, -0.2) is 4.98 Å². The van der Waals surface area contributed by atoms with E-state index in [1.807, 2.05) is 4.90 Å². The summed E-state index contributed by atoms with van der Waals surface area (Å²) in [7, 11) is 1.73. The van der Waals surface area contributed by atoms with Crippen molar-refractivity contribution in [3.05, 3.63) is 11.2 Å². The lowest BCUT2D eigenvalue weighted by molar-refractivity contribution is -0.130. The van der Waals surface area contributed by atoms with Crippen LogP contribution in [-0.2, 0) is 4.79 Å². The molecule has 1 aromatic heterocycles. The number of carbonyl (C=O) groups excluding carboxylic acids is 1. The van der Waals surface area contributed by atoms with Gasteiger partial charge in [-0.15, -0.1) is 0 Å². The Hall–Kier alpha value is -1.56. The molecule has 0 spiro atoms. The minimum Gasteiger partial charge on any atom is -0.360 e. The van der Waals surface area contributed by atoms with Gasteiger partial charge in [0.25, 0.3) is 0 Å². The van der Waals surface area contributed by atoms with Gasteiger partial charge in [-0.1, -0.05) is 11.6 Å². The molecule has 1 aliphatic heterocycles. The molecule has 19 heavy (non-hydrogen) atoms. The van der Waals surface area contributed by atoms with E-state index in [4.69, 9.17) is 11.6 Å². The molecule has 1 aromatic rings. The highest BCUT2D eigenvalue weighted by atomic mass is 35.5. The van der Waals surface area contributed by atoms with Gasteiger partial charge in [-0.3, -0.25) is 4.79 Å². The number of nitrogens with zero attached hydrogens (tertiary/aromatic N) is 3. The number of anilines is 2. The van der Waals surface area contributed by atoms with Gasteiger partial charge in [0.1, 0.15) is 5.02 Å². The highest BCUT2D eigenvalue weighted by Crippen LogP contribution is 2.19. The fourth-order valence-electron chi connectivity index (χ4n) is 2.03. The van der Waals surface area contributed by atoms with E-state index in [0.29, 0.717) is 16.8 Å². The normalized spacial score (nSPS) is 15.2. The smallest absolute Gasteiger partial charge is 0.241 e. The van der Waals surface area contributed by atoms with Crippen molar-refractivity contribution in [2.45, 2.75) is 19.3 Å². The predicted molar refractivity (Wildman–Crippen MR) is 75.5 cm³/mol. The molecule has 104 valence electrons. The van der Waals surface area contributed by atoms with Gasteiger partial charge in [-0.05, 0) is 19.3 Å². The maximum atomic E-state index is 12.0. The van der Waals surface area contributed by atoms with Gasteiger partial charge in [0.15, 0.2) is 5.82 Å². The Morgan fingerprint density at radius 3 is 2.84 bits per heavy atom. The number of likely N-dealkylation sites (tertiary alicyclic amines) is 1. The molecule has 0 saturated carbocycles. The van der Waals surface area contributed by atoms with Crippen LogP contribution in [-0.4, -0.2) is 47.5 Å². The van der Waals surface area contributed by atoms with E-state index >= 15 is 0 Å². The van der Waals surface area contributed by atoms with E-state index in [9.17, 15) is 4.79 Å². The molecule has 0 aromatic carbocycles. The van der Waals surface area contributed by atoms with Gasteiger partial charge >= 0.3 is 0 Å². The van der Waals surface area contributed by atoms with Gasteiger partial charge < -0.3 is 15.5 Å². The van der Waals surface area contributed by atoms with E-state index in [0.717, 1.165) is 25.9 Å². The van der Waals surface area contributed by atoms with E-state index in [1.54, 1.807) is 7.05 Å². The summed E-state index contributed by atoms with van der Waals surface area (Å²) in [5, 5.41) is 6.21. The zero-order valence-electron chi connectivity index (χ0n) is 10.9. The molecule has 1 fully saturated rings. The Labute approximate surface area is 117 Å². The van der Waals surface area contributed by atoms with Crippen LogP contribution >= 0.6 is 11.6 Å². The Morgan fingerprint density at radius 1 is 1.42 bits per heavy atom. The number of carbonyl (C=O) groups is 1. The molecule has 1 amide bonds. The van der Waals surface area contributed by atoms with Crippen LogP contribution in [0.15, 0.2) is 6.20 Å². The first-order valence-electron chi connectivity index (χ1n) is 6.42. The second kappa shape index (κ2) is 6.56. The van der Waals surface area contributed by atoms with Gasteiger partial charge in [0, 0.05) is 20.1 Å². The first kappa shape index (κ1) is 13.9. The molecule has 0 aliphatic carbocycles. The van der Waals surface area contributed by atoms with Crippen LogP contribution in [0.4, 0.5) is 11.8 Å².